The van der Waals surface area contributed by atoms with E-state index in [9.17, 15) is 0 Å². The van der Waals surface area contributed by atoms with Crippen molar-refractivity contribution in [2.75, 3.05) is 31.6 Å². The minimum Gasteiger partial charge on any atom is -0.374 e. The van der Waals surface area contributed by atoms with Crippen molar-refractivity contribution in [3.63, 3.8) is 0 Å². The molecule has 2 heteroatoms. The maximum atomic E-state index is 3.41. The standard InChI is InChI=1S/C13H20N2/c1-11-3-5-13(6-4-11)15(2)10-12-7-8-14-9-12/h3-6,12,14H,7-10H2,1-2H3. The van der Waals surface area contributed by atoms with Crippen LogP contribution in [-0.4, -0.2) is 26.7 Å². The van der Waals surface area contributed by atoms with Crippen LogP contribution in [0.1, 0.15) is 12.0 Å². The van der Waals surface area contributed by atoms with E-state index in [2.05, 4.69) is 48.5 Å². The van der Waals surface area contributed by atoms with E-state index in [0.29, 0.717) is 0 Å². The Labute approximate surface area is 92.3 Å². The summed E-state index contributed by atoms with van der Waals surface area (Å²) in [6.45, 7) is 5.66. The zero-order chi connectivity index (χ0) is 10.7. The second kappa shape index (κ2) is 4.67. The van der Waals surface area contributed by atoms with Crippen molar-refractivity contribution in [2.45, 2.75) is 13.3 Å². The molecule has 1 fully saturated rings. The van der Waals surface area contributed by atoms with E-state index in [4.69, 9.17) is 0 Å². The molecule has 0 amide bonds. The summed E-state index contributed by atoms with van der Waals surface area (Å²) in [5, 5.41) is 3.41. The van der Waals surface area contributed by atoms with Gasteiger partial charge in [-0.15, -0.1) is 0 Å². The molecule has 1 aliphatic heterocycles. The molecule has 2 rings (SSSR count). The molecule has 82 valence electrons. The van der Waals surface area contributed by atoms with Crippen LogP contribution < -0.4 is 10.2 Å². The second-order valence-corrected chi connectivity index (χ2v) is 4.57. The van der Waals surface area contributed by atoms with Gasteiger partial charge in [-0.1, -0.05) is 17.7 Å². The van der Waals surface area contributed by atoms with Gasteiger partial charge in [0.05, 0.1) is 0 Å². The lowest BCUT2D eigenvalue weighted by Crippen LogP contribution is -2.26. The van der Waals surface area contributed by atoms with Gasteiger partial charge in [0.15, 0.2) is 0 Å². The minimum atomic E-state index is 0.816. The van der Waals surface area contributed by atoms with Gasteiger partial charge in [0, 0.05) is 19.3 Å². The highest BCUT2D eigenvalue weighted by Gasteiger charge is 2.16. The Bertz CT molecular complexity index is 299. The molecule has 15 heavy (non-hydrogen) atoms. The van der Waals surface area contributed by atoms with Crippen LogP contribution in [0, 0.1) is 12.8 Å². The largest absolute Gasteiger partial charge is 0.374 e. The van der Waals surface area contributed by atoms with E-state index in [1.807, 2.05) is 0 Å². The van der Waals surface area contributed by atoms with Gasteiger partial charge in [-0.25, -0.2) is 0 Å². The number of anilines is 1. The normalized spacial score (nSPS) is 20.5. The lowest BCUT2D eigenvalue weighted by Gasteiger charge is -2.22. The summed E-state index contributed by atoms with van der Waals surface area (Å²) in [5.74, 6) is 0.816. The van der Waals surface area contributed by atoms with Gasteiger partial charge >= 0.3 is 0 Å². The highest BCUT2D eigenvalue weighted by atomic mass is 15.1. The van der Waals surface area contributed by atoms with E-state index < -0.39 is 0 Å². The third-order valence-electron chi connectivity index (χ3n) is 3.17. The summed E-state index contributed by atoms with van der Waals surface area (Å²) < 4.78 is 0. The number of rotatable bonds is 3. The van der Waals surface area contributed by atoms with Crippen LogP contribution in [0.15, 0.2) is 24.3 Å². The van der Waals surface area contributed by atoms with Crippen molar-refractivity contribution in [2.24, 2.45) is 5.92 Å². The Kier molecular flexibility index (Phi) is 3.27. The van der Waals surface area contributed by atoms with Crippen LogP contribution in [0.25, 0.3) is 0 Å². The summed E-state index contributed by atoms with van der Waals surface area (Å²) in [6.07, 6.45) is 1.32. The molecule has 0 saturated carbocycles. The molecule has 0 radical (unpaired) electrons. The van der Waals surface area contributed by atoms with Crippen molar-refractivity contribution < 1.29 is 0 Å². The van der Waals surface area contributed by atoms with Crippen LogP contribution >= 0.6 is 0 Å². The molecular weight excluding hydrogens is 184 g/mol. The van der Waals surface area contributed by atoms with Gasteiger partial charge in [0.25, 0.3) is 0 Å². The molecule has 1 atom stereocenters. The smallest absolute Gasteiger partial charge is 0.0363 e. The first kappa shape index (κ1) is 10.5. The van der Waals surface area contributed by atoms with Crippen LogP contribution in [0.4, 0.5) is 5.69 Å². The highest BCUT2D eigenvalue weighted by Crippen LogP contribution is 2.17. The average Bonchev–Trinajstić information content (AvgIpc) is 2.71. The molecule has 0 aromatic heterocycles. The number of hydrogen-bond acceptors (Lipinski definition) is 2. The maximum absolute atomic E-state index is 3.41. The predicted molar refractivity (Wildman–Crippen MR) is 65.4 cm³/mol. The summed E-state index contributed by atoms with van der Waals surface area (Å²) in [7, 11) is 2.18. The molecule has 0 spiro atoms. The number of nitrogens with one attached hydrogen (secondary N) is 1. The first-order valence-corrected chi connectivity index (χ1v) is 5.74. The zero-order valence-electron chi connectivity index (χ0n) is 9.66. The molecule has 1 heterocycles. The Morgan fingerprint density at radius 1 is 1.33 bits per heavy atom. The third-order valence-corrected chi connectivity index (χ3v) is 3.17. The number of hydrogen-bond donors (Lipinski definition) is 1. The predicted octanol–water partition coefficient (Wildman–Crippen LogP) is 2.04. The van der Waals surface area contributed by atoms with E-state index >= 15 is 0 Å². The first-order chi connectivity index (χ1) is 7.25. The van der Waals surface area contributed by atoms with Crippen LogP contribution in [0.3, 0.4) is 0 Å². The van der Waals surface area contributed by atoms with Crippen molar-refractivity contribution in [3.8, 4) is 0 Å². The van der Waals surface area contributed by atoms with Gasteiger partial charge in [0.1, 0.15) is 0 Å². The third kappa shape index (κ3) is 2.72. The Morgan fingerprint density at radius 2 is 2.07 bits per heavy atom. The molecule has 1 N–H and O–H groups in total. The van der Waals surface area contributed by atoms with E-state index in [1.54, 1.807) is 0 Å². The molecule has 1 aromatic rings. The van der Waals surface area contributed by atoms with E-state index in [1.165, 1.54) is 30.8 Å². The van der Waals surface area contributed by atoms with Gasteiger partial charge in [-0.2, -0.15) is 0 Å². The van der Waals surface area contributed by atoms with Gasteiger partial charge in [-0.3, -0.25) is 0 Å². The van der Waals surface area contributed by atoms with E-state index in [0.717, 1.165) is 12.5 Å². The van der Waals surface area contributed by atoms with E-state index in [-0.39, 0.29) is 0 Å². The Morgan fingerprint density at radius 3 is 2.67 bits per heavy atom. The van der Waals surface area contributed by atoms with Gasteiger partial charge in [-0.05, 0) is 44.5 Å². The quantitative estimate of drug-likeness (QED) is 0.810. The molecule has 1 aromatic carbocycles. The minimum absolute atomic E-state index is 0.816. The maximum Gasteiger partial charge on any atom is 0.0363 e. The monoisotopic (exact) mass is 204 g/mol. The molecular formula is C13H20N2. The van der Waals surface area contributed by atoms with Crippen LogP contribution in [0.2, 0.25) is 0 Å². The second-order valence-electron chi connectivity index (χ2n) is 4.57. The Balaban J connectivity index is 1.94. The molecule has 1 aliphatic rings. The van der Waals surface area contributed by atoms with Crippen molar-refractivity contribution >= 4 is 5.69 Å². The fourth-order valence-corrected chi connectivity index (χ4v) is 2.16. The zero-order valence-corrected chi connectivity index (χ0v) is 9.66. The summed E-state index contributed by atoms with van der Waals surface area (Å²) in [4.78, 5) is 2.36. The highest BCUT2D eigenvalue weighted by molar-refractivity contribution is 5.46. The first-order valence-electron chi connectivity index (χ1n) is 5.74. The van der Waals surface area contributed by atoms with Gasteiger partial charge in [0.2, 0.25) is 0 Å². The lowest BCUT2D eigenvalue weighted by molar-refractivity contribution is 0.578. The van der Waals surface area contributed by atoms with Crippen molar-refractivity contribution in [3.05, 3.63) is 29.8 Å². The fraction of sp³-hybridized carbons (Fsp3) is 0.538. The van der Waals surface area contributed by atoms with Gasteiger partial charge < -0.3 is 10.2 Å². The average molecular weight is 204 g/mol. The fourth-order valence-electron chi connectivity index (χ4n) is 2.16. The SMILES string of the molecule is Cc1ccc(N(C)CC2CCNC2)cc1. The molecule has 1 unspecified atom stereocenters. The molecule has 2 nitrogen and oxygen atoms in total. The lowest BCUT2D eigenvalue weighted by atomic mass is 10.1. The Hall–Kier alpha value is -1.02. The topological polar surface area (TPSA) is 15.3 Å². The number of benzene rings is 1. The van der Waals surface area contributed by atoms with Crippen LogP contribution in [0.5, 0.6) is 0 Å². The van der Waals surface area contributed by atoms with Crippen molar-refractivity contribution in [1.82, 2.24) is 5.32 Å². The number of nitrogens with zero attached hydrogens (tertiary/aromatic N) is 1. The summed E-state index contributed by atoms with van der Waals surface area (Å²) in [5.41, 5.74) is 2.65. The molecule has 0 aliphatic carbocycles. The van der Waals surface area contributed by atoms with Crippen molar-refractivity contribution in [1.29, 1.82) is 0 Å². The molecule has 0 bridgehead atoms. The summed E-state index contributed by atoms with van der Waals surface area (Å²) in [6, 6.07) is 8.77. The van der Waals surface area contributed by atoms with Crippen LogP contribution in [-0.2, 0) is 0 Å². The summed E-state index contributed by atoms with van der Waals surface area (Å²) >= 11 is 0. The number of aryl methyl sites for hydroxylation is 1. The molecule has 1 saturated heterocycles.